The van der Waals surface area contributed by atoms with Crippen LogP contribution in [0.3, 0.4) is 0 Å². The molecule has 0 aromatic heterocycles. The summed E-state index contributed by atoms with van der Waals surface area (Å²) in [6.07, 6.45) is 3.77. The standard InChI is InChI=1S/C20H24O2/c1-22-20(15-13-18-10-6-3-7-11-18)16-19(21)14-12-17-8-4-2-5-9-17/h2-11,20H,12-16H2,1H3/t20-/m0/s1. The molecule has 22 heavy (non-hydrogen) atoms. The van der Waals surface area contributed by atoms with Crippen molar-refractivity contribution in [3.63, 3.8) is 0 Å². The number of ketones is 1. The fourth-order valence-corrected chi connectivity index (χ4v) is 2.56. The van der Waals surface area contributed by atoms with Crippen molar-refractivity contribution < 1.29 is 9.53 Å². The smallest absolute Gasteiger partial charge is 0.135 e. The summed E-state index contributed by atoms with van der Waals surface area (Å²) in [5, 5.41) is 0. The highest BCUT2D eigenvalue weighted by Crippen LogP contribution is 2.12. The third-order valence-corrected chi connectivity index (χ3v) is 3.92. The van der Waals surface area contributed by atoms with E-state index in [0.29, 0.717) is 12.8 Å². The third-order valence-electron chi connectivity index (χ3n) is 3.92. The fraction of sp³-hybridized carbons (Fsp3) is 0.350. The number of hydrogen-bond donors (Lipinski definition) is 0. The van der Waals surface area contributed by atoms with Crippen LogP contribution in [0.2, 0.25) is 0 Å². The van der Waals surface area contributed by atoms with Gasteiger partial charge in [-0.2, -0.15) is 0 Å². The van der Waals surface area contributed by atoms with E-state index in [1.165, 1.54) is 11.1 Å². The van der Waals surface area contributed by atoms with Gasteiger partial charge in [0.25, 0.3) is 0 Å². The van der Waals surface area contributed by atoms with Crippen molar-refractivity contribution >= 4 is 5.78 Å². The van der Waals surface area contributed by atoms with Gasteiger partial charge in [-0.25, -0.2) is 0 Å². The van der Waals surface area contributed by atoms with E-state index >= 15 is 0 Å². The summed E-state index contributed by atoms with van der Waals surface area (Å²) in [6, 6.07) is 20.5. The molecule has 0 aliphatic heterocycles. The maximum atomic E-state index is 12.1. The van der Waals surface area contributed by atoms with Crippen LogP contribution in [-0.4, -0.2) is 19.0 Å². The Balaban J connectivity index is 1.73. The number of benzene rings is 2. The lowest BCUT2D eigenvalue weighted by Gasteiger charge is -2.14. The fourth-order valence-electron chi connectivity index (χ4n) is 2.56. The van der Waals surface area contributed by atoms with Gasteiger partial charge in [0.1, 0.15) is 5.78 Å². The van der Waals surface area contributed by atoms with Crippen molar-refractivity contribution in [2.45, 2.75) is 38.2 Å². The molecule has 1 atom stereocenters. The zero-order chi connectivity index (χ0) is 15.6. The molecule has 0 aliphatic carbocycles. The summed E-state index contributed by atoms with van der Waals surface area (Å²) in [5.74, 6) is 0.281. The van der Waals surface area contributed by atoms with Crippen LogP contribution in [0.1, 0.15) is 30.4 Å². The van der Waals surface area contributed by atoms with Crippen LogP contribution in [0.15, 0.2) is 60.7 Å². The minimum absolute atomic E-state index is 0.0171. The van der Waals surface area contributed by atoms with Gasteiger partial charge in [-0.3, -0.25) is 4.79 Å². The number of carbonyl (C=O) groups is 1. The molecule has 0 aliphatic rings. The number of carbonyl (C=O) groups excluding carboxylic acids is 1. The first-order valence-corrected chi connectivity index (χ1v) is 7.90. The van der Waals surface area contributed by atoms with Crippen LogP contribution in [-0.2, 0) is 22.4 Å². The monoisotopic (exact) mass is 296 g/mol. The second-order valence-electron chi connectivity index (χ2n) is 5.61. The van der Waals surface area contributed by atoms with Crippen molar-refractivity contribution in [1.29, 1.82) is 0 Å². The van der Waals surface area contributed by atoms with Gasteiger partial charge in [0, 0.05) is 20.0 Å². The van der Waals surface area contributed by atoms with Crippen molar-refractivity contribution in [3.8, 4) is 0 Å². The lowest BCUT2D eigenvalue weighted by molar-refractivity contribution is -0.121. The Kier molecular flexibility index (Phi) is 6.85. The molecule has 0 saturated carbocycles. The highest BCUT2D eigenvalue weighted by molar-refractivity contribution is 5.79. The second-order valence-corrected chi connectivity index (χ2v) is 5.61. The lowest BCUT2D eigenvalue weighted by Crippen LogP contribution is -2.17. The zero-order valence-corrected chi connectivity index (χ0v) is 13.2. The zero-order valence-electron chi connectivity index (χ0n) is 13.2. The maximum absolute atomic E-state index is 12.1. The van der Waals surface area contributed by atoms with Gasteiger partial charge in [0.2, 0.25) is 0 Å². The Hall–Kier alpha value is -1.93. The van der Waals surface area contributed by atoms with E-state index in [2.05, 4.69) is 24.3 Å². The molecule has 0 saturated heterocycles. The van der Waals surface area contributed by atoms with Crippen LogP contribution in [0.5, 0.6) is 0 Å². The highest BCUT2D eigenvalue weighted by Gasteiger charge is 2.13. The van der Waals surface area contributed by atoms with Gasteiger partial charge in [-0.1, -0.05) is 60.7 Å². The number of rotatable bonds is 9. The minimum atomic E-state index is 0.0171. The third kappa shape index (κ3) is 5.82. The number of Topliss-reactive ketones (excluding diaryl/α,β-unsaturated/α-hetero) is 1. The lowest BCUT2D eigenvalue weighted by atomic mass is 10.00. The van der Waals surface area contributed by atoms with Crippen LogP contribution in [0.4, 0.5) is 0 Å². The molecule has 2 heteroatoms. The van der Waals surface area contributed by atoms with E-state index in [1.807, 2.05) is 36.4 Å². The van der Waals surface area contributed by atoms with Crippen molar-refractivity contribution in [2.24, 2.45) is 0 Å². The Labute approximate surface area is 133 Å². The quantitative estimate of drug-likeness (QED) is 0.692. The van der Waals surface area contributed by atoms with Crippen LogP contribution in [0, 0.1) is 0 Å². The summed E-state index contributed by atoms with van der Waals surface area (Å²) in [6.45, 7) is 0. The topological polar surface area (TPSA) is 26.3 Å². The van der Waals surface area contributed by atoms with Gasteiger partial charge in [0.05, 0.1) is 6.10 Å². The Bertz CT molecular complexity index is 548. The van der Waals surface area contributed by atoms with Gasteiger partial charge in [0.15, 0.2) is 0 Å². The Morgan fingerprint density at radius 1 is 0.909 bits per heavy atom. The van der Waals surface area contributed by atoms with E-state index in [9.17, 15) is 4.79 Å². The first-order chi connectivity index (χ1) is 10.8. The average Bonchev–Trinajstić information content (AvgIpc) is 2.58. The Morgan fingerprint density at radius 3 is 2.00 bits per heavy atom. The van der Waals surface area contributed by atoms with E-state index in [4.69, 9.17) is 4.74 Å². The number of methoxy groups -OCH3 is 1. The summed E-state index contributed by atoms with van der Waals surface area (Å²) >= 11 is 0. The first kappa shape index (κ1) is 16.4. The predicted octanol–water partition coefficient (Wildman–Crippen LogP) is 4.23. The average molecular weight is 296 g/mol. The number of aryl methyl sites for hydroxylation is 2. The summed E-state index contributed by atoms with van der Waals surface area (Å²) < 4.78 is 5.47. The number of hydrogen-bond acceptors (Lipinski definition) is 2. The van der Waals surface area contributed by atoms with Crippen LogP contribution >= 0.6 is 0 Å². The first-order valence-electron chi connectivity index (χ1n) is 7.90. The molecular formula is C20H24O2. The van der Waals surface area contributed by atoms with Gasteiger partial charge >= 0.3 is 0 Å². The van der Waals surface area contributed by atoms with E-state index in [-0.39, 0.29) is 11.9 Å². The predicted molar refractivity (Wildman–Crippen MR) is 89.9 cm³/mol. The molecule has 2 rings (SSSR count). The molecule has 2 aromatic carbocycles. The maximum Gasteiger partial charge on any atom is 0.135 e. The highest BCUT2D eigenvalue weighted by atomic mass is 16.5. The van der Waals surface area contributed by atoms with Crippen molar-refractivity contribution in [3.05, 3.63) is 71.8 Å². The molecule has 0 radical (unpaired) electrons. The molecule has 0 spiro atoms. The summed E-state index contributed by atoms with van der Waals surface area (Å²) in [7, 11) is 1.69. The van der Waals surface area contributed by atoms with E-state index in [1.54, 1.807) is 7.11 Å². The van der Waals surface area contributed by atoms with Crippen molar-refractivity contribution in [2.75, 3.05) is 7.11 Å². The van der Waals surface area contributed by atoms with E-state index in [0.717, 1.165) is 19.3 Å². The normalized spacial score (nSPS) is 12.0. The van der Waals surface area contributed by atoms with Gasteiger partial charge in [-0.15, -0.1) is 0 Å². The molecule has 0 unspecified atom stereocenters. The largest absolute Gasteiger partial charge is 0.381 e. The van der Waals surface area contributed by atoms with E-state index < -0.39 is 0 Å². The molecular weight excluding hydrogens is 272 g/mol. The molecule has 0 bridgehead atoms. The van der Waals surface area contributed by atoms with Crippen molar-refractivity contribution in [1.82, 2.24) is 0 Å². The molecule has 0 heterocycles. The molecule has 2 aromatic rings. The van der Waals surface area contributed by atoms with Crippen LogP contribution < -0.4 is 0 Å². The second kappa shape index (κ2) is 9.16. The SMILES string of the molecule is CO[C@@H](CCc1ccccc1)CC(=O)CCc1ccccc1. The van der Waals surface area contributed by atoms with Gasteiger partial charge in [-0.05, 0) is 30.4 Å². The molecule has 0 fully saturated rings. The molecule has 0 N–H and O–H groups in total. The summed E-state index contributed by atoms with van der Waals surface area (Å²) in [4.78, 5) is 12.1. The molecule has 116 valence electrons. The van der Waals surface area contributed by atoms with Crippen LogP contribution in [0.25, 0.3) is 0 Å². The minimum Gasteiger partial charge on any atom is -0.381 e. The Morgan fingerprint density at radius 2 is 1.45 bits per heavy atom. The summed E-state index contributed by atoms with van der Waals surface area (Å²) in [5.41, 5.74) is 2.51. The molecule has 0 amide bonds. The van der Waals surface area contributed by atoms with Gasteiger partial charge < -0.3 is 4.74 Å². The number of ether oxygens (including phenoxy) is 1. The molecule has 2 nitrogen and oxygen atoms in total.